The van der Waals surface area contributed by atoms with Crippen molar-refractivity contribution in [3.63, 3.8) is 0 Å². The number of anilines is 2. The maximum Gasteiger partial charge on any atom is 0.330 e. The van der Waals surface area contributed by atoms with Crippen molar-refractivity contribution < 1.29 is 4.79 Å². The summed E-state index contributed by atoms with van der Waals surface area (Å²) >= 11 is 1.27. The second kappa shape index (κ2) is 11.4. The average Bonchev–Trinajstić information content (AvgIpc) is 3.13. The van der Waals surface area contributed by atoms with Gasteiger partial charge in [0.2, 0.25) is 5.91 Å². The molecule has 4 N–H and O–H groups in total. The fraction of sp³-hybridized carbons (Fsp3) is 0.440. The number of nitrogens with two attached hydrogens (primary N) is 1. The molecule has 0 spiro atoms. The van der Waals surface area contributed by atoms with E-state index in [-0.39, 0.29) is 35.0 Å². The Kier molecular flexibility index (Phi) is 8.61. The van der Waals surface area contributed by atoms with Crippen LogP contribution in [-0.2, 0) is 17.8 Å². The van der Waals surface area contributed by atoms with Crippen LogP contribution in [0.2, 0.25) is 0 Å². The number of aromatic amines is 2. The third-order valence-corrected chi connectivity index (χ3v) is 6.25. The molecule has 0 saturated heterocycles. The lowest BCUT2D eigenvalue weighted by atomic mass is 10.1. The highest BCUT2D eigenvalue weighted by Crippen LogP contribution is 2.23. The minimum atomic E-state index is -0.662. The van der Waals surface area contributed by atoms with E-state index in [9.17, 15) is 14.4 Å². The summed E-state index contributed by atoms with van der Waals surface area (Å²) in [6.45, 7) is 10.4. The number of aryl methyl sites for hydroxylation is 1. The Hall–Kier alpha value is -3.27. The van der Waals surface area contributed by atoms with E-state index in [0.717, 1.165) is 17.0 Å². The number of carbonyl (C=O) groups is 1. The summed E-state index contributed by atoms with van der Waals surface area (Å²) in [6.07, 6.45) is 0.695. The van der Waals surface area contributed by atoms with E-state index >= 15 is 0 Å². The minimum absolute atomic E-state index is 0.00504. The smallest absolute Gasteiger partial charge is 0.330 e. The molecule has 0 aliphatic heterocycles. The van der Waals surface area contributed by atoms with Crippen LogP contribution in [0, 0.1) is 18.8 Å². The molecule has 0 saturated carbocycles. The molecule has 0 aliphatic carbocycles. The van der Waals surface area contributed by atoms with Gasteiger partial charge in [-0.25, -0.2) is 9.78 Å². The van der Waals surface area contributed by atoms with Crippen LogP contribution in [0.4, 0.5) is 11.5 Å². The quantitative estimate of drug-likeness (QED) is 0.368. The van der Waals surface area contributed by atoms with E-state index < -0.39 is 11.2 Å². The van der Waals surface area contributed by atoms with Crippen molar-refractivity contribution in [2.24, 2.45) is 11.8 Å². The zero-order valence-electron chi connectivity index (χ0n) is 20.9. The molecule has 10 heteroatoms. The van der Waals surface area contributed by atoms with E-state index in [1.54, 1.807) is 0 Å². The molecule has 1 amide bonds. The predicted molar refractivity (Wildman–Crippen MR) is 141 cm³/mol. The monoisotopic (exact) mass is 498 g/mol. The number of H-pyrrole nitrogens is 2. The fourth-order valence-corrected chi connectivity index (χ4v) is 4.59. The second-order valence-corrected chi connectivity index (χ2v) is 10.4. The zero-order chi connectivity index (χ0) is 25.7. The normalized spacial score (nSPS) is 11.4. The first-order valence-corrected chi connectivity index (χ1v) is 12.7. The summed E-state index contributed by atoms with van der Waals surface area (Å²) in [5.74, 6) is -0.00532. The van der Waals surface area contributed by atoms with Crippen molar-refractivity contribution in [2.45, 2.75) is 52.7 Å². The topological polar surface area (TPSA) is 130 Å². The number of thioether (sulfide) groups is 1. The number of rotatable bonds is 10. The Morgan fingerprint density at radius 3 is 2.43 bits per heavy atom. The Labute approximate surface area is 209 Å². The molecule has 1 aromatic carbocycles. The van der Waals surface area contributed by atoms with Crippen LogP contribution in [0.3, 0.4) is 0 Å². The van der Waals surface area contributed by atoms with E-state index in [1.807, 2.05) is 52.8 Å². The molecular formula is C25H34N6O3S. The molecule has 0 unspecified atom stereocenters. The molecule has 35 heavy (non-hydrogen) atoms. The summed E-state index contributed by atoms with van der Waals surface area (Å²) in [5.41, 5.74) is 8.08. The van der Waals surface area contributed by atoms with Crippen molar-refractivity contribution in [3.05, 3.63) is 68.1 Å². The van der Waals surface area contributed by atoms with Crippen molar-refractivity contribution in [3.8, 4) is 0 Å². The number of hydrogen-bond donors (Lipinski definition) is 3. The Morgan fingerprint density at radius 2 is 1.80 bits per heavy atom. The molecule has 2 heterocycles. The number of hydrogen-bond acceptors (Lipinski definition) is 6. The first kappa shape index (κ1) is 26.3. The van der Waals surface area contributed by atoms with Crippen LogP contribution >= 0.6 is 11.8 Å². The number of aromatic nitrogens is 4. The van der Waals surface area contributed by atoms with Gasteiger partial charge in [0, 0.05) is 25.2 Å². The standard InChI is InChI=1S/C25H34N6O3S/c1-15(2)12-30(21-22(26)31(13-16(3)4)25(34)29-23(21)33)20(32)14-35-24-27-17(5)19(28-24)11-18-9-7-6-8-10-18/h6-10,15-16H,11-14,26H2,1-5H3,(H,27,28)(H,29,33,34). The number of benzene rings is 1. The van der Waals surface area contributed by atoms with Crippen LogP contribution in [0.25, 0.3) is 0 Å². The lowest BCUT2D eigenvalue weighted by Gasteiger charge is -2.26. The Bertz CT molecular complexity index is 1280. The highest BCUT2D eigenvalue weighted by atomic mass is 32.2. The van der Waals surface area contributed by atoms with Gasteiger partial charge in [0.1, 0.15) is 5.82 Å². The second-order valence-electron chi connectivity index (χ2n) is 9.46. The fourth-order valence-electron chi connectivity index (χ4n) is 3.77. The van der Waals surface area contributed by atoms with E-state index in [2.05, 4.69) is 27.1 Å². The third kappa shape index (κ3) is 6.66. The van der Waals surface area contributed by atoms with Crippen molar-refractivity contribution in [2.75, 3.05) is 22.9 Å². The number of carbonyl (C=O) groups excluding carboxylic acids is 1. The van der Waals surface area contributed by atoms with Gasteiger partial charge in [0.05, 0.1) is 11.4 Å². The van der Waals surface area contributed by atoms with Gasteiger partial charge in [-0.2, -0.15) is 0 Å². The van der Waals surface area contributed by atoms with Gasteiger partial charge in [-0.15, -0.1) is 0 Å². The maximum atomic E-state index is 13.3. The highest BCUT2D eigenvalue weighted by Gasteiger charge is 2.25. The van der Waals surface area contributed by atoms with Crippen molar-refractivity contribution in [1.82, 2.24) is 19.5 Å². The lowest BCUT2D eigenvalue weighted by molar-refractivity contribution is -0.116. The van der Waals surface area contributed by atoms with Crippen LogP contribution in [0.5, 0.6) is 0 Å². The number of nitrogens with zero attached hydrogens (tertiary/aromatic N) is 3. The third-order valence-electron chi connectivity index (χ3n) is 5.39. The Balaban J connectivity index is 1.83. The summed E-state index contributed by atoms with van der Waals surface area (Å²) in [7, 11) is 0. The Morgan fingerprint density at radius 1 is 1.11 bits per heavy atom. The van der Waals surface area contributed by atoms with Crippen molar-refractivity contribution in [1.29, 1.82) is 0 Å². The van der Waals surface area contributed by atoms with Gasteiger partial charge in [-0.05, 0) is 24.3 Å². The van der Waals surface area contributed by atoms with Gasteiger partial charge >= 0.3 is 5.69 Å². The van der Waals surface area contributed by atoms with Gasteiger partial charge in [0.15, 0.2) is 10.8 Å². The molecule has 0 fully saturated rings. The summed E-state index contributed by atoms with van der Waals surface area (Å²) in [4.78, 5) is 50.0. The first-order chi connectivity index (χ1) is 16.6. The van der Waals surface area contributed by atoms with Crippen LogP contribution in [0.15, 0.2) is 45.1 Å². The molecule has 0 radical (unpaired) electrons. The van der Waals surface area contributed by atoms with Crippen LogP contribution in [0.1, 0.15) is 44.6 Å². The minimum Gasteiger partial charge on any atom is -0.383 e. The number of nitrogen functional groups attached to an aromatic ring is 1. The molecule has 0 atom stereocenters. The first-order valence-electron chi connectivity index (χ1n) is 11.7. The molecule has 9 nitrogen and oxygen atoms in total. The SMILES string of the molecule is Cc1[nH]c(SCC(=O)N(CC(C)C)c2c(N)n(CC(C)C)c(=O)[nH]c2=O)nc1Cc1ccccc1. The number of imidazole rings is 1. The predicted octanol–water partition coefficient (Wildman–Crippen LogP) is 3.18. The van der Waals surface area contributed by atoms with Gasteiger partial charge < -0.3 is 15.6 Å². The number of amides is 1. The summed E-state index contributed by atoms with van der Waals surface area (Å²) in [6, 6.07) is 10.1. The summed E-state index contributed by atoms with van der Waals surface area (Å²) < 4.78 is 1.32. The highest BCUT2D eigenvalue weighted by molar-refractivity contribution is 7.99. The molecule has 0 bridgehead atoms. The van der Waals surface area contributed by atoms with Crippen molar-refractivity contribution >= 4 is 29.2 Å². The van der Waals surface area contributed by atoms with E-state index in [4.69, 9.17) is 5.73 Å². The summed E-state index contributed by atoms with van der Waals surface area (Å²) in [5, 5.41) is 0.637. The molecular weight excluding hydrogens is 464 g/mol. The zero-order valence-corrected chi connectivity index (χ0v) is 21.7. The van der Waals surface area contributed by atoms with Crippen LogP contribution in [-0.4, -0.2) is 37.7 Å². The average molecular weight is 499 g/mol. The molecule has 3 rings (SSSR count). The molecule has 2 aromatic heterocycles. The van der Waals surface area contributed by atoms with Crippen LogP contribution < -0.4 is 21.9 Å². The molecule has 3 aromatic rings. The lowest BCUT2D eigenvalue weighted by Crippen LogP contribution is -2.43. The molecule has 0 aliphatic rings. The largest absolute Gasteiger partial charge is 0.383 e. The van der Waals surface area contributed by atoms with E-state index in [1.165, 1.54) is 21.2 Å². The van der Waals surface area contributed by atoms with Gasteiger partial charge in [-0.3, -0.25) is 19.1 Å². The van der Waals surface area contributed by atoms with E-state index in [0.29, 0.717) is 24.7 Å². The number of nitrogens with one attached hydrogen (secondary N) is 2. The van der Waals surface area contributed by atoms with Gasteiger partial charge in [0.25, 0.3) is 5.56 Å². The maximum absolute atomic E-state index is 13.3. The van der Waals surface area contributed by atoms with Gasteiger partial charge in [-0.1, -0.05) is 69.8 Å². The molecule has 188 valence electrons.